The van der Waals surface area contributed by atoms with Crippen LogP contribution in [0.4, 0.5) is 4.79 Å². The average molecular weight is 490 g/mol. The van der Waals surface area contributed by atoms with Crippen molar-refractivity contribution in [2.45, 2.75) is 44.2 Å². The van der Waals surface area contributed by atoms with E-state index < -0.39 is 36.4 Å². The Bertz CT molecular complexity index is 1090. The first kappa shape index (κ1) is 25.6. The number of aldehydes is 1. The molecule has 1 saturated carbocycles. The van der Waals surface area contributed by atoms with E-state index in [4.69, 9.17) is 14.2 Å². The second-order valence-electron chi connectivity index (χ2n) is 8.88. The summed E-state index contributed by atoms with van der Waals surface area (Å²) in [6.07, 6.45) is -2.46. The van der Waals surface area contributed by atoms with Gasteiger partial charge in [-0.25, -0.2) is 4.79 Å². The molecule has 0 aliphatic heterocycles. The van der Waals surface area contributed by atoms with E-state index in [9.17, 15) is 14.7 Å². The van der Waals surface area contributed by atoms with E-state index >= 15 is 0 Å². The highest BCUT2D eigenvalue weighted by atomic mass is 16.6. The predicted octanol–water partition coefficient (Wildman–Crippen LogP) is 4.55. The van der Waals surface area contributed by atoms with Crippen molar-refractivity contribution in [2.24, 2.45) is 5.92 Å². The van der Waals surface area contributed by atoms with Gasteiger partial charge in [-0.15, -0.1) is 0 Å². The maximum absolute atomic E-state index is 12.4. The van der Waals surface area contributed by atoms with Crippen molar-refractivity contribution in [2.75, 3.05) is 7.05 Å². The van der Waals surface area contributed by atoms with Gasteiger partial charge >= 0.3 is 6.09 Å². The highest BCUT2D eigenvalue weighted by Crippen LogP contribution is 2.37. The molecule has 1 N–H and O–H groups in total. The van der Waals surface area contributed by atoms with Gasteiger partial charge in [-0.1, -0.05) is 91.0 Å². The third-order valence-electron chi connectivity index (χ3n) is 6.52. The monoisotopic (exact) mass is 489 g/mol. The Morgan fingerprint density at radius 3 is 1.50 bits per heavy atom. The lowest BCUT2D eigenvalue weighted by atomic mass is 10.0. The first-order valence-electron chi connectivity index (χ1n) is 12.0. The molecule has 3 aromatic carbocycles. The van der Waals surface area contributed by atoms with E-state index in [1.165, 1.54) is 7.05 Å². The van der Waals surface area contributed by atoms with E-state index in [1.807, 2.05) is 91.0 Å². The van der Waals surface area contributed by atoms with Crippen molar-refractivity contribution in [3.05, 3.63) is 108 Å². The lowest BCUT2D eigenvalue weighted by molar-refractivity contribution is -0.133. The van der Waals surface area contributed by atoms with Crippen LogP contribution in [0, 0.1) is 5.92 Å². The lowest BCUT2D eigenvalue weighted by Crippen LogP contribution is -2.48. The molecule has 1 fully saturated rings. The average Bonchev–Trinajstić information content (AvgIpc) is 3.22. The van der Waals surface area contributed by atoms with Crippen molar-refractivity contribution in [3.63, 3.8) is 0 Å². The van der Waals surface area contributed by atoms with E-state index in [0.717, 1.165) is 27.9 Å². The molecule has 0 aromatic heterocycles. The highest BCUT2D eigenvalue weighted by molar-refractivity contribution is 5.67. The molecule has 0 bridgehead atoms. The van der Waals surface area contributed by atoms with E-state index in [-0.39, 0.29) is 19.8 Å². The predicted molar refractivity (Wildman–Crippen MR) is 134 cm³/mol. The zero-order valence-corrected chi connectivity index (χ0v) is 20.2. The quantitative estimate of drug-likeness (QED) is 0.398. The van der Waals surface area contributed by atoms with Crippen LogP contribution in [0.15, 0.2) is 91.0 Å². The molecule has 1 amide bonds. The maximum atomic E-state index is 12.4. The zero-order chi connectivity index (χ0) is 25.3. The second kappa shape index (κ2) is 12.4. The molecule has 3 aromatic rings. The first-order valence-corrected chi connectivity index (χ1v) is 12.0. The number of likely N-dealkylation sites (N-methyl/N-ethyl adjacent to an activating group) is 1. The first-order chi connectivity index (χ1) is 17.6. The summed E-state index contributed by atoms with van der Waals surface area (Å²) in [5, 5.41) is 9.82. The minimum atomic E-state index is -1.15. The van der Waals surface area contributed by atoms with Crippen molar-refractivity contribution in [1.29, 1.82) is 0 Å². The molecule has 7 nitrogen and oxygen atoms in total. The van der Waals surface area contributed by atoms with Gasteiger partial charge < -0.3 is 29.0 Å². The summed E-state index contributed by atoms with van der Waals surface area (Å²) in [5.41, 5.74) is 2.84. The topological polar surface area (TPSA) is 85.3 Å². The molecule has 1 aliphatic rings. The summed E-state index contributed by atoms with van der Waals surface area (Å²) in [6.45, 7) is 0.782. The molecule has 7 heteroatoms. The summed E-state index contributed by atoms with van der Waals surface area (Å²) < 4.78 is 19.0. The minimum absolute atomic E-state index is 0.248. The van der Waals surface area contributed by atoms with Gasteiger partial charge in [0, 0.05) is 7.05 Å². The van der Waals surface area contributed by atoms with Crippen molar-refractivity contribution >= 4 is 12.4 Å². The Balaban J connectivity index is 1.63. The van der Waals surface area contributed by atoms with Crippen LogP contribution in [0.2, 0.25) is 0 Å². The molecular weight excluding hydrogens is 458 g/mol. The van der Waals surface area contributed by atoms with E-state index in [0.29, 0.717) is 0 Å². The smallest absolute Gasteiger partial charge is 0.407 e. The number of ether oxygens (including phenoxy) is 3. The van der Waals surface area contributed by atoms with Crippen LogP contribution in [0.3, 0.4) is 0 Å². The molecule has 36 heavy (non-hydrogen) atoms. The normalized spacial score (nSPS) is 23.3. The summed E-state index contributed by atoms with van der Waals surface area (Å²) >= 11 is 0. The Kier molecular flexibility index (Phi) is 8.84. The third kappa shape index (κ3) is 6.18. The molecule has 188 valence electrons. The fourth-order valence-electron chi connectivity index (χ4n) is 4.67. The number of hydrogen-bond acceptors (Lipinski definition) is 5. The molecule has 0 spiro atoms. The van der Waals surface area contributed by atoms with E-state index in [2.05, 4.69) is 0 Å². The highest BCUT2D eigenvalue weighted by Gasteiger charge is 2.55. The van der Waals surface area contributed by atoms with Crippen molar-refractivity contribution < 1.29 is 28.9 Å². The SMILES string of the molecule is CN(C(=O)O)[C@@H]1[C@@H](C=O)[C@H](OCc2ccccc2)[C@@H](OCc2ccccc2)[C@H]1OCc1ccccc1. The number of hydrogen-bond donors (Lipinski definition) is 1. The molecule has 1 aliphatic carbocycles. The fraction of sp³-hybridized carbons (Fsp3) is 0.310. The molecule has 0 unspecified atom stereocenters. The van der Waals surface area contributed by atoms with Crippen LogP contribution in [-0.2, 0) is 38.8 Å². The summed E-state index contributed by atoms with van der Waals surface area (Å²) in [4.78, 5) is 25.5. The summed E-state index contributed by atoms with van der Waals surface area (Å²) in [5.74, 6) is -0.767. The maximum Gasteiger partial charge on any atom is 0.407 e. The van der Waals surface area contributed by atoms with Gasteiger partial charge in [-0.3, -0.25) is 0 Å². The van der Waals surface area contributed by atoms with E-state index in [1.54, 1.807) is 0 Å². The van der Waals surface area contributed by atoms with Gasteiger partial charge in [0.05, 0.1) is 37.9 Å². The van der Waals surface area contributed by atoms with Gasteiger partial charge in [0.2, 0.25) is 0 Å². The molecular formula is C29H31NO6. The second-order valence-corrected chi connectivity index (χ2v) is 8.88. The number of nitrogens with zero attached hydrogens (tertiary/aromatic N) is 1. The van der Waals surface area contributed by atoms with Gasteiger partial charge in [0.1, 0.15) is 18.5 Å². The fourth-order valence-corrected chi connectivity index (χ4v) is 4.67. The van der Waals surface area contributed by atoms with Gasteiger partial charge in [-0.05, 0) is 16.7 Å². The van der Waals surface area contributed by atoms with Crippen molar-refractivity contribution in [3.8, 4) is 0 Å². The molecule has 0 heterocycles. The van der Waals surface area contributed by atoms with Crippen LogP contribution in [0.25, 0.3) is 0 Å². The molecule has 0 saturated heterocycles. The number of rotatable bonds is 11. The number of carbonyl (C=O) groups is 2. The van der Waals surface area contributed by atoms with Gasteiger partial charge in [0.15, 0.2) is 0 Å². The van der Waals surface area contributed by atoms with Gasteiger partial charge in [0.25, 0.3) is 0 Å². The van der Waals surface area contributed by atoms with Gasteiger partial charge in [-0.2, -0.15) is 0 Å². The van der Waals surface area contributed by atoms with Crippen LogP contribution >= 0.6 is 0 Å². The largest absolute Gasteiger partial charge is 0.465 e. The number of benzene rings is 3. The minimum Gasteiger partial charge on any atom is -0.465 e. The molecule has 5 atom stereocenters. The Morgan fingerprint density at radius 1 is 0.722 bits per heavy atom. The third-order valence-corrected chi connectivity index (χ3v) is 6.52. The lowest BCUT2D eigenvalue weighted by Gasteiger charge is -2.31. The number of carboxylic acid groups (broad SMARTS) is 1. The van der Waals surface area contributed by atoms with Crippen LogP contribution < -0.4 is 0 Å². The molecule has 0 radical (unpaired) electrons. The Morgan fingerprint density at radius 2 is 1.11 bits per heavy atom. The number of carbonyl (C=O) groups excluding carboxylic acids is 1. The summed E-state index contributed by atoms with van der Waals surface area (Å²) in [6, 6.07) is 28.2. The zero-order valence-electron chi connectivity index (χ0n) is 20.2. The molecule has 4 rings (SSSR count). The van der Waals surface area contributed by atoms with Crippen LogP contribution in [0.1, 0.15) is 16.7 Å². The Hall–Kier alpha value is -3.52. The van der Waals surface area contributed by atoms with Crippen molar-refractivity contribution in [1.82, 2.24) is 4.90 Å². The van der Waals surface area contributed by atoms with Crippen LogP contribution in [-0.4, -0.2) is 53.8 Å². The van der Waals surface area contributed by atoms with Crippen LogP contribution in [0.5, 0.6) is 0 Å². The number of amides is 1. The Labute approximate surface area is 211 Å². The standard InChI is InChI=1S/C29H31NO6/c1-30(29(32)33)25-24(17-31)26(34-18-21-11-5-2-6-12-21)28(36-20-23-15-9-4-10-16-23)27(25)35-19-22-13-7-3-8-14-22/h2-17,24-28H,18-20H2,1H3,(H,32,33)/t24-,25-,26+,27+,28-/m1/s1. The summed E-state index contributed by atoms with van der Waals surface area (Å²) in [7, 11) is 1.45.